The minimum Gasteiger partial charge on any atom is -0.468 e. The normalized spacial score (nSPS) is 22.7. The largest absolute Gasteiger partial charge is 0.468 e. The van der Waals surface area contributed by atoms with E-state index in [-0.39, 0.29) is 12.0 Å². The molecule has 20 heavy (non-hydrogen) atoms. The van der Waals surface area contributed by atoms with Crippen molar-refractivity contribution in [3.8, 4) is 0 Å². The highest BCUT2D eigenvalue weighted by atomic mass is 16.5. The van der Waals surface area contributed by atoms with Crippen molar-refractivity contribution in [2.45, 2.75) is 49.7 Å². The predicted molar refractivity (Wildman–Crippen MR) is 79.7 cm³/mol. The van der Waals surface area contributed by atoms with Gasteiger partial charge in [-0.3, -0.25) is 4.79 Å². The summed E-state index contributed by atoms with van der Waals surface area (Å²) in [6, 6.07) is 0.316. The number of ether oxygens (including phenoxy) is 1. The molecule has 1 unspecified atom stereocenters. The number of esters is 1. The second kappa shape index (κ2) is 6.41. The molecule has 0 aromatic heterocycles. The van der Waals surface area contributed by atoms with E-state index >= 15 is 0 Å². The first-order chi connectivity index (χ1) is 9.47. The summed E-state index contributed by atoms with van der Waals surface area (Å²) in [4.78, 5) is 16.5. The summed E-state index contributed by atoms with van der Waals surface area (Å²) in [5.74, 6) is -0.142. The predicted octanol–water partition coefficient (Wildman–Crippen LogP) is 0.696. The molecule has 0 bridgehead atoms. The number of methoxy groups -OCH3 is 1. The Labute approximate surface area is 122 Å². The van der Waals surface area contributed by atoms with Gasteiger partial charge in [-0.1, -0.05) is 0 Å². The topological polar surface area (TPSA) is 44.8 Å². The minimum absolute atomic E-state index is 0.142. The molecule has 0 saturated heterocycles. The molecular formula is C15H29N3O2. The third-order valence-corrected chi connectivity index (χ3v) is 4.79. The van der Waals surface area contributed by atoms with E-state index in [0.29, 0.717) is 11.6 Å². The zero-order valence-corrected chi connectivity index (χ0v) is 13.3. The lowest BCUT2D eigenvalue weighted by Crippen LogP contribution is -2.58. The summed E-state index contributed by atoms with van der Waals surface area (Å²) in [7, 11) is 7.89. The molecule has 2 aliphatic rings. The molecule has 5 heteroatoms. The van der Waals surface area contributed by atoms with E-state index in [0.717, 1.165) is 13.1 Å². The van der Waals surface area contributed by atoms with Gasteiger partial charge in [-0.05, 0) is 53.2 Å². The van der Waals surface area contributed by atoms with E-state index in [9.17, 15) is 4.79 Å². The third kappa shape index (κ3) is 3.71. The SMILES string of the molecule is COC(=O)C(CN(C)CC1(N(C)C)CCC1)NC1CC1. The Hall–Kier alpha value is -0.650. The van der Waals surface area contributed by atoms with Crippen LogP contribution in [0.2, 0.25) is 0 Å². The lowest BCUT2D eigenvalue weighted by Gasteiger charge is -2.49. The van der Waals surface area contributed by atoms with E-state index in [2.05, 4.69) is 36.3 Å². The number of nitrogens with zero attached hydrogens (tertiary/aromatic N) is 2. The lowest BCUT2D eigenvalue weighted by atomic mass is 9.75. The van der Waals surface area contributed by atoms with Gasteiger partial charge in [0, 0.05) is 24.7 Å². The van der Waals surface area contributed by atoms with Crippen LogP contribution >= 0.6 is 0 Å². The van der Waals surface area contributed by atoms with Crippen molar-refractivity contribution in [2.24, 2.45) is 0 Å². The molecule has 2 rings (SSSR count). The molecule has 0 aromatic carbocycles. The van der Waals surface area contributed by atoms with E-state index in [1.54, 1.807) is 0 Å². The molecule has 0 heterocycles. The molecule has 1 atom stereocenters. The van der Waals surface area contributed by atoms with Crippen molar-refractivity contribution >= 4 is 5.97 Å². The summed E-state index contributed by atoms with van der Waals surface area (Å²) in [6.45, 7) is 1.73. The van der Waals surface area contributed by atoms with Crippen LogP contribution in [-0.4, -0.2) is 74.7 Å². The summed E-state index contributed by atoms with van der Waals surface area (Å²) in [5.41, 5.74) is 0.301. The monoisotopic (exact) mass is 283 g/mol. The van der Waals surface area contributed by atoms with Gasteiger partial charge < -0.3 is 19.9 Å². The Morgan fingerprint density at radius 1 is 1.35 bits per heavy atom. The fourth-order valence-electron chi connectivity index (χ4n) is 3.08. The van der Waals surface area contributed by atoms with Crippen LogP contribution in [0.5, 0.6) is 0 Å². The van der Waals surface area contributed by atoms with Crippen molar-refractivity contribution in [1.82, 2.24) is 15.1 Å². The number of likely N-dealkylation sites (N-methyl/N-ethyl adjacent to an activating group) is 2. The van der Waals surface area contributed by atoms with Crippen molar-refractivity contribution in [2.75, 3.05) is 41.3 Å². The van der Waals surface area contributed by atoms with E-state index in [4.69, 9.17) is 4.74 Å². The van der Waals surface area contributed by atoms with E-state index in [1.807, 2.05) is 0 Å². The Morgan fingerprint density at radius 3 is 2.40 bits per heavy atom. The van der Waals surface area contributed by atoms with Crippen LogP contribution in [0, 0.1) is 0 Å². The van der Waals surface area contributed by atoms with Gasteiger partial charge in [0.2, 0.25) is 0 Å². The van der Waals surface area contributed by atoms with Crippen molar-refractivity contribution in [3.63, 3.8) is 0 Å². The Morgan fingerprint density at radius 2 is 2.00 bits per heavy atom. The van der Waals surface area contributed by atoms with Crippen molar-refractivity contribution < 1.29 is 9.53 Å². The zero-order valence-electron chi connectivity index (χ0n) is 13.3. The van der Waals surface area contributed by atoms with Gasteiger partial charge in [-0.2, -0.15) is 0 Å². The van der Waals surface area contributed by atoms with Crippen LogP contribution in [0.1, 0.15) is 32.1 Å². The summed E-state index contributed by atoms with van der Waals surface area (Å²) in [5, 5.41) is 3.39. The highest BCUT2D eigenvalue weighted by molar-refractivity contribution is 5.76. The maximum absolute atomic E-state index is 11.9. The summed E-state index contributed by atoms with van der Waals surface area (Å²) < 4.78 is 4.92. The highest BCUT2D eigenvalue weighted by Gasteiger charge is 2.40. The molecule has 0 radical (unpaired) electrons. The van der Waals surface area contributed by atoms with Gasteiger partial charge in [0.05, 0.1) is 7.11 Å². The number of nitrogens with one attached hydrogen (secondary N) is 1. The van der Waals surface area contributed by atoms with Crippen LogP contribution in [-0.2, 0) is 9.53 Å². The standard InChI is InChI=1S/C15H29N3O2/c1-17(2)15(8-5-9-15)11-18(3)10-13(14(19)20-4)16-12-6-7-12/h12-13,16H,5-11H2,1-4H3. The van der Waals surface area contributed by atoms with Gasteiger partial charge in [0.1, 0.15) is 6.04 Å². The molecule has 2 saturated carbocycles. The molecule has 0 aliphatic heterocycles. The minimum atomic E-state index is -0.197. The van der Waals surface area contributed by atoms with Crippen LogP contribution < -0.4 is 5.32 Å². The fraction of sp³-hybridized carbons (Fsp3) is 0.933. The maximum Gasteiger partial charge on any atom is 0.324 e. The van der Waals surface area contributed by atoms with Crippen LogP contribution in [0.25, 0.3) is 0 Å². The quantitative estimate of drug-likeness (QED) is 0.664. The second-order valence-electron chi connectivity index (χ2n) is 6.69. The van der Waals surface area contributed by atoms with E-state index in [1.165, 1.54) is 39.2 Å². The molecule has 0 aromatic rings. The maximum atomic E-state index is 11.9. The smallest absolute Gasteiger partial charge is 0.324 e. The van der Waals surface area contributed by atoms with Crippen LogP contribution in [0.3, 0.4) is 0 Å². The Balaban J connectivity index is 1.86. The lowest BCUT2D eigenvalue weighted by molar-refractivity contribution is -0.143. The molecule has 2 fully saturated rings. The first-order valence-corrected chi connectivity index (χ1v) is 7.67. The molecule has 1 N–H and O–H groups in total. The summed E-state index contributed by atoms with van der Waals surface area (Å²) >= 11 is 0. The Bertz CT molecular complexity index is 338. The number of hydrogen-bond donors (Lipinski definition) is 1. The first kappa shape index (κ1) is 15.7. The Kier molecular flexibility index (Phi) is 5.04. The molecule has 116 valence electrons. The van der Waals surface area contributed by atoms with Crippen molar-refractivity contribution in [3.05, 3.63) is 0 Å². The third-order valence-electron chi connectivity index (χ3n) is 4.79. The molecule has 5 nitrogen and oxygen atoms in total. The van der Waals surface area contributed by atoms with E-state index < -0.39 is 0 Å². The average Bonchev–Trinajstić information content (AvgIpc) is 3.15. The molecule has 0 amide bonds. The van der Waals surface area contributed by atoms with Gasteiger partial charge in [-0.25, -0.2) is 0 Å². The molecular weight excluding hydrogens is 254 g/mol. The fourth-order valence-corrected chi connectivity index (χ4v) is 3.08. The van der Waals surface area contributed by atoms with Gasteiger partial charge >= 0.3 is 5.97 Å². The van der Waals surface area contributed by atoms with Crippen LogP contribution in [0.4, 0.5) is 0 Å². The molecule has 2 aliphatic carbocycles. The van der Waals surface area contributed by atoms with Gasteiger partial charge in [0.15, 0.2) is 0 Å². The highest BCUT2D eigenvalue weighted by Crippen LogP contribution is 2.36. The zero-order chi connectivity index (χ0) is 14.8. The average molecular weight is 283 g/mol. The van der Waals surface area contributed by atoms with Crippen molar-refractivity contribution in [1.29, 1.82) is 0 Å². The number of rotatable bonds is 8. The van der Waals surface area contributed by atoms with Crippen LogP contribution in [0.15, 0.2) is 0 Å². The summed E-state index contributed by atoms with van der Waals surface area (Å²) in [6.07, 6.45) is 6.18. The van der Waals surface area contributed by atoms with Gasteiger partial charge in [0.25, 0.3) is 0 Å². The number of carbonyl (C=O) groups is 1. The second-order valence-corrected chi connectivity index (χ2v) is 6.69. The first-order valence-electron chi connectivity index (χ1n) is 7.67. The number of carbonyl (C=O) groups excluding carboxylic acids is 1. The number of hydrogen-bond acceptors (Lipinski definition) is 5. The molecule has 0 spiro atoms. The van der Waals surface area contributed by atoms with Gasteiger partial charge in [-0.15, -0.1) is 0 Å².